The molecule has 1 aliphatic rings. The zero-order chi connectivity index (χ0) is 19.5. The van der Waals surface area contributed by atoms with Gasteiger partial charge in [0.05, 0.1) is 17.9 Å². The summed E-state index contributed by atoms with van der Waals surface area (Å²) in [7, 11) is 3.75. The quantitative estimate of drug-likeness (QED) is 0.338. The Bertz CT molecular complexity index is 588. The SMILES string of the molecule is CC/C(C=O)=C(/C=N)NC1CCCN(Cc2nc(C)c(C)[nH]2)C1.CNC. The standard InChI is InChI=1S/C17H27N5O.C2H7N/c1-4-14(11-23)16(8-18)21-15-6-5-7-22(9-15)10-17-19-12(2)13(3)20-17;1-3-2/h8,11,15,18,21H,4-7,9-10H2,1-3H3,(H,19,20);3H,1-2H3/b16-14+,18-8?;. The Balaban J connectivity index is 0.00000105. The van der Waals surface area contributed by atoms with Gasteiger partial charge in [-0.2, -0.15) is 0 Å². The molecule has 2 rings (SSSR count). The molecule has 7 nitrogen and oxygen atoms in total. The number of aromatic amines is 1. The Morgan fingerprint density at radius 1 is 1.42 bits per heavy atom. The van der Waals surface area contributed by atoms with Gasteiger partial charge in [-0.15, -0.1) is 0 Å². The fourth-order valence-electron chi connectivity index (χ4n) is 3.01. The van der Waals surface area contributed by atoms with Crippen molar-refractivity contribution in [2.24, 2.45) is 0 Å². The molecule has 1 unspecified atom stereocenters. The number of imidazole rings is 1. The molecule has 0 amide bonds. The van der Waals surface area contributed by atoms with Gasteiger partial charge in [0, 0.05) is 30.1 Å². The molecule has 26 heavy (non-hydrogen) atoms. The zero-order valence-corrected chi connectivity index (χ0v) is 16.8. The van der Waals surface area contributed by atoms with Crippen molar-refractivity contribution in [3.05, 3.63) is 28.5 Å². The zero-order valence-electron chi connectivity index (χ0n) is 16.8. The molecular weight excluding hydrogens is 328 g/mol. The van der Waals surface area contributed by atoms with Crippen molar-refractivity contribution >= 4 is 12.5 Å². The van der Waals surface area contributed by atoms with E-state index in [2.05, 4.69) is 25.5 Å². The third-order valence-corrected chi connectivity index (χ3v) is 4.43. The van der Waals surface area contributed by atoms with Gasteiger partial charge in [-0.25, -0.2) is 4.98 Å². The Morgan fingerprint density at radius 2 is 2.12 bits per heavy atom. The van der Waals surface area contributed by atoms with Gasteiger partial charge in [-0.3, -0.25) is 9.69 Å². The minimum absolute atomic E-state index is 0.263. The molecule has 7 heteroatoms. The van der Waals surface area contributed by atoms with Crippen LogP contribution < -0.4 is 10.6 Å². The maximum atomic E-state index is 11.1. The van der Waals surface area contributed by atoms with Crippen LogP contribution in [0.4, 0.5) is 0 Å². The van der Waals surface area contributed by atoms with Gasteiger partial charge in [-0.05, 0) is 53.8 Å². The van der Waals surface area contributed by atoms with E-state index in [4.69, 9.17) is 5.41 Å². The lowest BCUT2D eigenvalue weighted by Crippen LogP contribution is -2.45. The summed E-state index contributed by atoms with van der Waals surface area (Å²) >= 11 is 0. The first-order valence-corrected chi connectivity index (χ1v) is 9.27. The highest BCUT2D eigenvalue weighted by atomic mass is 16.1. The second-order valence-electron chi connectivity index (χ2n) is 6.67. The van der Waals surface area contributed by atoms with E-state index in [-0.39, 0.29) is 6.04 Å². The molecule has 0 aliphatic carbocycles. The number of aryl methyl sites for hydroxylation is 2. The normalized spacial score (nSPS) is 18.4. The summed E-state index contributed by atoms with van der Waals surface area (Å²) in [5.74, 6) is 1.01. The molecule has 0 bridgehead atoms. The fourth-order valence-corrected chi connectivity index (χ4v) is 3.01. The number of aldehydes is 1. The van der Waals surface area contributed by atoms with Gasteiger partial charge in [-0.1, -0.05) is 6.92 Å². The highest BCUT2D eigenvalue weighted by molar-refractivity contribution is 5.87. The summed E-state index contributed by atoms with van der Waals surface area (Å²) in [5, 5.41) is 13.7. The lowest BCUT2D eigenvalue weighted by molar-refractivity contribution is -0.105. The topological polar surface area (TPSA) is 96.9 Å². The number of hydrogen-bond donors (Lipinski definition) is 4. The molecular formula is C19H34N6O. The third kappa shape index (κ3) is 6.72. The first kappa shape index (κ1) is 22.1. The van der Waals surface area contributed by atoms with Gasteiger partial charge in [0.15, 0.2) is 0 Å². The summed E-state index contributed by atoms with van der Waals surface area (Å²) < 4.78 is 0. The van der Waals surface area contributed by atoms with E-state index in [0.717, 1.165) is 56.0 Å². The molecule has 146 valence electrons. The number of H-pyrrole nitrogens is 1. The molecule has 1 aromatic heterocycles. The molecule has 0 radical (unpaired) electrons. The van der Waals surface area contributed by atoms with E-state index in [9.17, 15) is 4.79 Å². The third-order valence-electron chi connectivity index (χ3n) is 4.43. The molecule has 1 fully saturated rings. The number of carbonyl (C=O) groups is 1. The van der Waals surface area contributed by atoms with Gasteiger partial charge >= 0.3 is 0 Å². The second-order valence-corrected chi connectivity index (χ2v) is 6.67. The Kier molecular flexibility index (Phi) is 9.83. The number of rotatable bonds is 7. The van der Waals surface area contributed by atoms with Crippen LogP contribution in [-0.2, 0) is 11.3 Å². The fraction of sp³-hybridized carbons (Fsp3) is 0.632. The minimum Gasteiger partial charge on any atom is -0.379 e. The van der Waals surface area contributed by atoms with Crippen LogP contribution in [0.5, 0.6) is 0 Å². The van der Waals surface area contributed by atoms with Gasteiger partial charge < -0.3 is 21.0 Å². The van der Waals surface area contributed by atoms with E-state index in [1.54, 1.807) is 0 Å². The van der Waals surface area contributed by atoms with E-state index >= 15 is 0 Å². The summed E-state index contributed by atoms with van der Waals surface area (Å²) in [6.45, 7) is 8.75. The van der Waals surface area contributed by atoms with Gasteiger partial charge in [0.2, 0.25) is 0 Å². The van der Waals surface area contributed by atoms with Crippen LogP contribution in [0, 0.1) is 19.3 Å². The lowest BCUT2D eigenvalue weighted by atomic mass is 10.0. The van der Waals surface area contributed by atoms with E-state index < -0.39 is 0 Å². The van der Waals surface area contributed by atoms with Crippen molar-refractivity contribution in [2.45, 2.75) is 52.6 Å². The summed E-state index contributed by atoms with van der Waals surface area (Å²) in [5.41, 5.74) is 3.49. The maximum Gasteiger partial charge on any atom is 0.148 e. The average molecular weight is 363 g/mol. The number of hydrogen-bond acceptors (Lipinski definition) is 6. The first-order valence-electron chi connectivity index (χ1n) is 9.27. The molecule has 1 atom stereocenters. The van der Waals surface area contributed by atoms with Crippen LogP contribution in [0.3, 0.4) is 0 Å². The first-order chi connectivity index (χ1) is 12.5. The maximum absolute atomic E-state index is 11.1. The van der Waals surface area contributed by atoms with Crippen molar-refractivity contribution in [3.63, 3.8) is 0 Å². The lowest BCUT2D eigenvalue weighted by Gasteiger charge is -2.33. The monoisotopic (exact) mass is 362 g/mol. The number of aromatic nitrogens is 2. The molecule has 2 heterocycles. The molecule has 0 aromatic carbocycles. The molecule has 1 saturated heterocycles. The average Bonchev–Trinajstić information content (AvgIpc) is 2.93. The van der Waals surface area contributed by atoms with Crippen LogP contribution >= 0.6 is 0 Å². The van der Waals surface area contributed by atoms with E-state index in [0.29, 0.717) is 17.7 Å². The molecule has 4 N–H and O–H groups in total. The van der Waals surface area contributed by atoms with E-state index in [1.807, 2.05) is 34.9 Å². The van der Waals surface area contributed by atoms with Crippen molar-refractivity contribution in [2.75, 3.05) is 27.2 Å². The van der Waals surface area contributed by atoms with Crippen molar-refractivity contribution in [3.8, 4) is 0 Å². The second kappa shape index (κ2) is 11.6. The van der Waals surface area contributed by atoms with Crippen molar-refractivity contribution in [1.29, 1.82) is 5.41 Å². The Hall–Kier alpha value is -1.99. The van der Waals surface area contributed by atoms with Crippen LogP contribution in [-0.4, -0.2) is 60.6 Å². The molecule has 1 aromatic rings. The summed E-state index contributed by atoms with van der Waals surface area (Å²) in [6, 6.07) is 0.263. The van der Waals surface area contributed by atoms with Crippen molar-refractivity contribution < 1.29 is 4.79 Å². The molecule has 0 spiro atoms. The predicted octanol–water partition coefficient (Wildman–Crippen LogP) is 1.93. The van der Waals surface area contributed by atoms with Crippen LogP contribution in [0.25, 0.3) is 0 Å². The summed E-state index contributed by atoms with van der Waals surface area (Å²) in [6.07, 6.45) is 4.90. The van der Waals surface area contributed by atoms with Gasteiger partial charge in [0.1, 0.15) is 12.1 Å². The van der Waals surface area contributed by atoms with Crippen molar-refractivity contribution in [1.82, 2.24) is 25.5 Å². The number of likely N-dealkylation sites (tertiary alicyclic amines) is 1. The molecule has 1 aliphatic heterocycles. The number of nitrogens with one attached hydrogen (secondary N) is 4. The van der Waals surface area contributed by atoms with Crippen LogP contribution in [0.2, 0.25) is 0 Å². The Morgan fingerprint density at radius 3 is 2.62 bits per heavy atom. The smallest absolute Gasteiger partial charge is 0.148 e. The van der Waals surface area contributed by atoms with E-state index in [1.165, 1.54) is 6.21 Å². The minimum atomic E-state index is 0.263. The number of allylic oxidation sites excluding steroid dienone is 2. The van der Waals surface area contributed by atoms with Gasteiger partial charge in [0.25, 0.3) is 0 Å². The number of nitrogens with zero attached hydrogens (tertiary/aromatic N) is 2. The van der Waals surface area contributed by atoms with Crippen LogP contribution in [0.1, 0.15) is 43.4 Å². The predicted molar refractivity (Wildman–Crippen MR) is 107 cm³/mol. The highest BCUT2D eigenvalue weighted by Gasteiger charge is 2.21. The number of carbonyl (C=O) groups excluding carboxylic acids is 1. The molecule has 0 saturated carbocycles. The number of piperidine rings is 1. The highest BCUT2D eigenvalue weighted by Crippen LogP contribution is 2.15. The van der Waals surface area contributed by atoms with Crippen LogP contribution in [0.15, 0.2) is 11.3 Å². The Labute approximate surface area is 157 Å². The summed E-state index contributed by atoms with van der Waals surface area (Å²) in [4.78, 5) is 21.3. The largest absolute Gasteiger partial charge is 0.379 e.